The van der Waals surface area contributed by atoms with Crippen LogP contribution in [0.1, 0.15) is 72.6 Å². The van der Waals surface area contributed by atoms with Gasteiger partial charge in [-0.2, -0.15) is 0 Å². The van der Waals surface area contributed by atoms with Crippen molar-refractivity contribution in [1.29, 1.82) is 0 Å². The van der Waals surface area contributed by atoms with Gasteiger partial charge in [-0.1, -0.05) is 45.8 Å². The molecule has 17 heavy (non-hydrogen) atoms. The summed E-state index contributed by atoms with van der Waals surface area (Å²) >= 11 is 0. The molecule has 0 heterocycles. The first-order valence-corrected chi connectivity index (χ1v) is 7.35. The van der Waals surface area contributed by atoms with Crippen molar-refractivity contribution in [3.63, 3.8) is 0 Å². The smallest absolute Gasteiger partial charge is 0.00721 e. The SMILES string of the molecule is C/C=C/CCCCC(C)(CCN)CCC(C)C. The first kappa shape index (κ1) is 16.7. The van der Waals surface area contributed by atoms with E-state index in [0.717, 1.165) is 12.5 Å². The Balaban J connectivity index is 3.93. The third kappa shape index (κ3) is 9.41. The second kappa shape index (κ2) is 9.70. The Morgan fingerprint density at radius 3 is 2.35 bits per heavy atom. The Hall–Kier alpha value is -0.300. The molecule has 0 aromatic rings. The maximum atomic E-state index is 5.76. The molecule has 0 fully saturated rings. The minimum absolute atomic E-state index is 0.481. The van der Waals surface area contributed by atoms with Crippen molar-refractivity contribution in [3.05, 3.63) is 12.2 Å². The molecule has 0 aliphatic carbocycles. The minimum Gasteiger partial charge on any atom is -0.330 e. The van der Waals surface area contributed by atoms with Crippen LogP contribution in [0.25, 0.3) is 0 Å². The number of unbranched alkanes of at least 4 members (excludes halogenated alkanes) is 2. The lowest BCUT2D eigenvalue weighted by Crippen LogP contribution is -2.21. The Labute approximate surface area is 109 Å². The Morgan fingerprint density at radius 1 is 1.12 bits per heavy atom. The van der Waals surface area contributed by atoms with Crippen LogP contribution in [0.15, 0.2) is 12.2 Å². The summed E-state index contributed by atoms with van der Waals surface area (Å²) in [5.74, 6) is 0.815. The number of rotatable bonds is 10. The maximum Gasteiger partial charge on any atom is -0.00721 e. The summed E-state index contributed by atoms with van der Waals surface area (Å²) in [5, 5.41) is 0. The fourth-order valence-electron chi connectivity index (χ4n) is 2.34. The van der Waals surface area contributed by atoms with Gasteiger partial charge in [-0.05, 0) is 56.9 Å². The van der Waals surface area contributed by atoms with E-state index in [9.17, 15) is 0 Å². The van der Waals surface area contributed by atoms with Crippen molar-refractivity contribution in [2.75, 3.05) is 6.54 Å². The molecule has 0 saturated carbocycles. The molecule has 102 valence electrons. The molecular weight excluding hydrogens is 206 g/mol. The van der Waals surface area contributed by atoms with Crippen LogP contribution in [-0.2, 0) is 0 Å². The zero-order valence-electron chi connectivity index (χ0n) is 12.5. The summed E-state index contributed by atoms with van der Waals surface area (Å²) < 4.78 is 0. The van der Waals surface area contributed by atoms with Gasteiger partial charge in [-0.3, -0.25) is 0 Å². The second-order valence-electron chi connectivity index (χ2n) is 6.10. The predicted octanol–water partition coefficient (Wildman–Crippen LogP) is 4.91. The standard InChI is InChI=1S/C16H33N/c1-5-6-7-8-9-11-16(4,13-14-17)12-10-15(2)3/h5-6,15H,7-14,17H2,1-4H3/b6-5+. The van der Waals surface area contributed by atoms with E-state index in [0.29, 0.717) is 5.41 Å². The number of hydrogen-bond donors (Lipinski definition) is 1. The van der Waals surface area contributed by atoms with Crippen LogP contribution >= 0.6 is 0 Å². The largest absolute Gasteiger partial charge is 0.330 e. The molecule has 0 bridgehead atoms. The second-order valence-corrected chi connectivity index (χ2v) is 6.10. The van der Waals surface area contributed by atoms with Crippen LogP contribution in [0.3, 0.4) is 0 Å². The molecule has 1 heteroatoms. The predicted molar refractivity (Wildman–Crippen MR) is 79.1 cm³/mol. The van der Waals surface area contributed by atoms with Crippen LogP contribution in [0.4, 0.5) is 0 Å². The van der Waals surface area contributed by atoms with Crippen molar-refractivity contribution < 1.29 is 0 Å². The van der Waals surface area contributed by atoms with E-state index in [1.165, 1.54) is 44.9 Å². The topological polar surface area (TPSA) is 26.0 Å². The van der Waals surface area contributed by atoms with E-state index in [1.807, 2.05) is 0 Å². The van der Waals surface area contributed by atoms with Crippen LogP contribution in [-0.4, -0.2) is 6.54 Å². The van der Waals surface area contributed by atoms with E-state index in [1.54, 1.807) is 0 Å². The normalized spacial score (nSPS) is 15.6. The summed E-state index contributed by atoms with van der Waals surface area (Å²) in [6, 6.07) is 0. The third-order valence-electron chi connectivity index (χ3n) is 3.71. The molecule has 0 aliphatic heterocycles. The fraction of sp³-hybridized carbons (Fsp3) is 0.875. The quantitative estimate of drug-likeness (QED) is 0.425. The zero-order valence-corrected chi connectivity index (χ0v) is 12.5. The van der Waals surface area contributed by atoms with Crippen molar-refractivity contribution in [3.8, 4) is 0 Å². The summed E-state index contributed by atoms with van der Waals surface area (Å²) in [4.78, 5) is 0. The summed E-state index contributed by atoms with van der Waals surface area (Å²) in [6.45, 7) is 9.99. The maximum absolute atomic E-state index is 5.76. The summed E-state index contributed by atoms with van der Waals surface area (Å²) in [5.41, 5.74) is 6.24. The van der Waals surface area contributed by atoms with Gasteiger partial charge in [0.05, 0.1) is 0 Å². The molecular formula is C16H33N. The molecule has 2 N–H and O–H groups in total. The number of allylic oxidation sites excluding steroid dienone is 2. The molecule has 0 rings (SSSR count). The number of hydrogen-bond acceptors (Lipinski definition) is 1. The van der Waals surface area contributed by atoms with Crippen molar-refractivity contribution >= 4 is 0 Å². The molecule has 1 nitrogen and oxygen atoms in total. The van der Waals surface area contributed by atoms with Gasteiger partial charge in [0.1, 0.15) is 0 Å². The van der Waals surface area contributed by atoms with Gasteiger partial charge >= 0.3 is 0 Å². The van der Waals surface area contributed by atoms with Crippen LogP contribution in [0.2, 0.25) is 0 Å². The van der Waals surface area contributed by atoms with E-state index in [-0.39, 0.29) is 0 Å². The van der Waals surface area contributed by atoms with Gasteiger partial charge < -0.3 is 5.73 Å². The van der Waals surface area contributed by atoms with Crippen molar-refractivity contribution in [2.45, 2.75) is 72.6 Å². The molecule has 0 amide bonds. The lowest BCUT2D eigenvalue weighted by molar-refractivity contribution is 0.227. The lowest BCUT2D eigenvalue weighted by Gasteiger charge is -2.30. The molecule has 0 radical (unpaired) electrons. The molecule has 0 spiro atoms. The number of nitrogens with two attached hydrogens (primary N) is 1. The Bertz CT molecular complexity index is 196. The highest BCUT2D eigenvalue weighted by molar-refractivity contribution is 4.79. The highest BCUT2D eigenvalue weighted by Crippen LogP contribution is 2.34. The van der Waals surface area contributed by atoms with E-state index in [4.69, 9.17) is 5.73 Å². The lowest BCUT2D eigenvalue weighted by atomic mass is 9.76. The van der Waals surface area contributed by atoms with Crippen molar-refractivity contribution in [2.24, 2.45) is 17.1 Å². The molecule has 0 aliphatic rings. The summed E-state index contributed by atoms with van der Waals surface area (Å²) in [6.07, 6.45) is 13.5. The van der Waals surface area contributed by atoms with Gasteiger partial charge in [0.15, 0.2) is 0 Å². The molecule has 0 aromatic carbocycles. The first-order chi connectivity index (χ1) is 8.04. The third-order valence-corrected chi connectivity index (χ3v) is 3.71. The monoisotopic (exact) mass is 239 g/mol. The molecule has 0 saturated heterocycles. The first-order valence-electron chi connectivity index (χ1n) is 7.35. The highest BCUT2D eigenvalue weighted by atomic mass is 14.5. The fourth-order valence-corrected chi connectivity index (χ4v) is 2.34. The van der Waals surface area contributed by atoms with Crippen LogP contribution in [0, 0.1) is 11.3 Å². The average molecular weight is 239 g/mol. The van der Waals surface area contributed by atoms with E-state index >= 15 is 0 Å². The van der Waals surface area contributed by atoms with Crippen molar-refractivity contribution in [1.82, 2.24) is 0 Å². The average Bonchev–Trinajstić information content (AvgIpc) is 2.27. The van der Waals surface area contributed by atoms with Gasteiger partial charge in [0, 0.05) is 0 Å². The zero-order chi connectivity index (χ0) is 13.1. The highest BCUT2D eigenvalue weighted by Gasteiger charge is 2.22. The van der Waals surface area contributed by atoms with Gasteiger partial charge in [0.25, 0.3) is 0 Å². The Kier molecular flexibility index (Phi) is 9.53. The summed E-state index contributed by atoms with van der Waals surface area (Å²) in [7, 11) is 0. The molecule has 1 unspecified atom stereocenters. The molecule has 1 atom stereocenters. The minimum atomic E-state index is 0.481. The van der Waals surface area contributed by atoms with Gasteiger partial charge in [-0.25, -0.2) is 0 Å². The Morgan fingerprint density at radius 2 is 1.82 bits per heavy atom. The van der Waals surface area contributed by atoms with Crippen LogP contribution < -0.4 is 5.73 Å². The van der Waals surface area contributed by atoms with Gasteiger partial charge in [0.2, 0.25) is 0 Å². The van der Waals surface area contributed by atoms with Crippen LogP contribution in [0.5, 0.6) is 0 Å². The van der Waals surface area contributed by atoms with E-state index in [2.05, 4.69) is 39.8 Å². The molecule has 0 aromatic heterocycles. The van der Waals surface area contributed by atoms with Gasteiger partial charge in [-0.15, -0.1) is 0 Å². The van der Waals surface area contributed by atoms with E-state index < -0.39 is 0 Å².